The molecule has 21 heavy (non-hydrogen) atoms. The van der Waals surface area contributed by atoms with Gasteiger partial charge in [-0.15, -0.1) is 0 Å². The molecule has 5 rings (SSSR count). The van der Waals surface area contributed by atoms with E-state index in [9.17, 15) is 5.11 Å². The van der Waals surface area contributed by atoms with Crippen molar-refractivity contribution in [1.29, 1.82) is 0 Å². The van der Waals surface area contributed by atoms with Gasteiger partial charge in [0.15, 0.2) is 0 Å². The second-order valence-electron chi connectivity index (χ2n) is 5.91. The van der Waals surface area contributed by atoms with Gasteiger partial charge >= 0.3 is 0 Å². The maximum Gasteiger partial charge on any atom is 0.0836 e. The molecule has 0 bridgehead atoms. The number of fused-ring (bicyclic) bond motifs is 2. The number of benzene rings is 4. The highest BCUT2D eigenvalue weighted by atomic mass is 16.3. The molecule has 0 radical (unpaired) electrons. The molecule has 0 aromatic heterocycles. The average molecular weight is 270 g/mol. The van der Waals surface area contributed by atoms with Crippen LogP contribution < -0.4 is 0 Å². The fraction of sp³-hybridized carbons (Fsp3) is 0.100. The van der Waals surface area contributed by atoms with Gasteiger partial charge < -0.3 is 5.11 Å². The third kappa shape index (κ3) is 1.39. The molecule has 1 aliphatic carbocycles. The molecular formula is C20H14O. The minimum atomic E-state index is -0.395. The van der Waals surface area contributed by atoms with Crippen LogP contribution in [0.25, 0.3) is 32.3 Å². The Bertz CT molecular complexity index is 1030. The summed E-state index contributed by atoms with van der Waals surface area (Å²) >= 11 is 0. The predicted molar refractivity (Wildman–Crippen MR) is 87.6 cm³/mol. The first-order valence-corrected chi connectivity index (χ1v) is 7.37. The number of hydrogen-bond donors (Lipinski definition) is 1. The lowest BCUT2D eigenvalue weighted by molar-refractivity contribution is 0.179. The third-order valence-electron chi connectivity index (χ3n) is 4.75. The first kappa shape index (κ1) is 11.3. The van der Waals surface area contributed by atoms with Crippen LogP contribution in [0.2, 0.25) is 0 Å². The average Bonchev–Trinajstić information content (AvgIpc) is 2.53. The highest BCUT2D eigenvalue weighted by molar-refractivity contribution is 6.20. The normalized spacial score (nSPS) is 17.1. The van der Waals surface area contributed by atoms with Gasteiger partial charge in [-0.25, -0.2) is 0 Å². The number of hydrogen-bond acceptors (Lipinski definition) is 1. The second-order valence-corrected chi connectivity index (χ2v) is 5.91. The maximum absolute atomic E-state index is 10.5. The Balaban J connectivity index is 2.15. The van der Waals surface area contributed by atoms with Crippen LogP contribution >= 0.6 is 0 Å². The van der Waals surface area contributed by atoms with Crippen LogP contribution in [0, 0.1) is 0 Å². The Morgan fingerprint density at radius 1 is 0.762 bits per heavy atom. The van der Waals surface area contributed by atoms with Crippen LogP contribution in [0.4, 0.5) is 0 Å². The van der Waals surface area contributed by atoms with E-state index in [0.29, 0.717) is 6.42 Å². The summed E-state index contributed by atoms with van der Waals surface area (Å²) in [5.41, 5.74) is 2.33. The lowest BCUT2D eigenvalue weighted by Crippen LogP contribution is -2.08. The molecule has 0 amide bonds. The topological polar surface area (TPSA) is 20.2 Å². The lowest BCUT2D eigenvalue weighted by atomic mass is 9.83. The largest absolute Gasteiger partial charge is 0.388 e. The number of rotatable bonds is 0. The van der Waals surface area contributed by atoms with E-state index in [4.69, 9.17) is 0 Å². The SMILES string of the molecule is OC1Cc2cc3ccccc3c3ccc4cccc1c4c23. The molecule has 0 aliphatic heterocycles. The smallest absolute Gasteiger partial charge is 0.0836 e. The molecule has 4 aromatic carbocycles. The van der Waals surface area contributed by atoms with Crippen molar-refractivity contribution >= 4 is 32.3 Å². The van der Waals surface area contributed by atoms with E-state index >= 15 is 0 Å². The van der Waals surface area contributed by atoms with Gasteiger partial charge in [-0.2, -0.15) is 0 Å². The summed E-state index contributed by atoms with van der Waals surface area (Å²) in [7, 11) is 0. The minimum absolute atomic E-state index is 0.395. The van der Waals surface area contributed by atoms with Crippen molar-refractivity contribution in [3.63, 3.8) is 0 Å². The minimum Gasteiger partial charge on any atom is -0.388 e. The van der Waals surface area contributed by atoms with Crippen molar-refractivity contribution in [3.8, 4) is 0 Å². The van der Waals surface area contributed by atoms with Gasteiger partial charge in [-0.3, -0.25) is 0 Å². The Kier molecular flexibility index (Phi) is 2.06. The van der Waals surface area contributed by atoms with Gasteiger partial charge in [0.2, 0.25) is 0 Å². The van der Waals surface area contributed by atoms with Gasteiger partial charge in [0, 0.05) is 6.42 Å². The molecule has 1 N–H and O–H groups in total. The zero-order valence-electron chi connectivity index (χ0n) is 11.5. The first-order valence-electron chi connectivity index (χ1n) is 7.37. The molecule has 1 aliphatic rings. The van der Waals surface area contributed by atoms with Crippen molar-refractivity contribution in [1.82, 2.24) is 0 Å². The third-order valence-corrected chi connectivity index (χ3v) is 4.75. The van der Waals surface area contributed by atoms with Crippen molar-refractivity contribution in [2.24, 2.45) is 0 Å². The van der Waals surface area contributed by atoms with Crippen molar-refractivity contribution in [2.75, 3.05) is 0 Å². The Labute approximate surface area is 122 Å². The fourth-order valence-corrected chi connectivity index (χ4v) is 3.85. The van der Waals surface area contributed by atoms with Gasteiger partial charge in [-0.05, 0) is 43.4 Å². The summed E-state index contributed by atoms with van der Waals surface area (Å²) in [6.07, 6.45) is 0.310. The standard InChI is InChI=1S/C20H14O/c21-18-11-14-10-13-4-1-2-6-15(13)16-9-8-12-5-3-7-17(18)19(12)20(14)16/h1-10,18,21H,11H2. The second kappa shape index (κ2) is 3.84. The van der Waals surface area contributed by atoms with Crippen molar-refractivity contribution in [2.45, 2.75) is 12.5 Å². The van der Waals surface area contributed by atoms with Gasteiger partial charge in [0.05, 0.1) is 6.10 Å². The highest BCUT2D eigenvalue weighted by Gasteiger charge is 2.22. The predicted octanol–water partition coefficient (Wildman–Crippen LogP) is 4.74. The summed E-state index contributed by atoms with van der Waals surface area (Å²) < 4.78 is 0. The van der Waals surface area contributed by atoms with Crippen LogP contribution in [0.3, 0.4) is 0 Å². The summed E-state index contributed by atoms with van der Waals surface area (Å²) in [4.78, 5) is 0. The van der Waals surface area contributed by atoms with Gasteiger partial charge in [0.25, 0.3) is 0 Å². The fourth-order valence-electron chi connectivity index (χ4n) is 3.85. The van der Waals surface area contributed by atoms with E-state index in [1.807, 2.05) is 6.07 Å². The Morgan fingerprint density at radius 2 is 1.62 bits per heavy atom. The molecule has 0 heterocycles. The molecule has 1 nitrogen and oxygen atoms in total. The molecule has 1 unspecified atom stereocenters. The van der Waals surface area contributed by atoms with Crippen LogP contribution in [-0.2, 0) is 6.42 Å². The Morgan fingerprint density at radius 3 is 2.57 bits per heavy atom. The molecule has 0 saturated carbocycles. The van der Waals surface area contributed by atoms with Crippen molar-refractivity contribution < 1.29 is 5.11 Å². The summed E-state index contributed by atoms with van der Waals surface area (Å²) in [5, 5.41) is 18.1. The van der Waals surface area contributed by atoms with Crippen LogP contribution in [0.1, 0.15) is 17.2 Å². The van der Waals surface area contributed by atoms with Gasteiger partial charge in [0.1, 0.15) is 0 Å². The quantitative estimate of drug-likeness (QED) is 0.458. The zero-order valence-corrected chi connectivity index (χ0v) is 11.5. The lowest BCUT2D eigenvalue weighted by Gasteiger charge is -2.24. The maximum atomic E-state index is 10.5. The molecular weight excluding hydrogens is 256 g/mol. The molecule has 100 valence electrons. The van der Waals surface area contributed by atoms with Crippen LogP contribution in [-0.4, -0.2) is 5.11 Å². The molecule has 0 saturated heterocycles. The Hall–Kier alpha value is -2.38. The monoisotopic (exact) mass is 270 g/mol. The highest BCUT2D eigenvalue weighted by Crippen LogP contribution is 2.42. The van der Waals surface area contributed by atoms with Crippen LogP contribution in [0.5, 0.6) is 0 Å². The molecule has 4 aromatic rings. The number of aliphatic hydroxyl groups excluding tert-OH is 1. The summed E-state index contributed by atoms with van der Waals surface area (Å²) in [5.74, 6) is 0. The van der Waals surface area contributed by atoms with E-state index in [2.05, 4.69) is 54.6 Å². The van der Waals surface area contributed by atoms with Crippen LogP contribution in [0.15, 0.2) is 60.7 Å². The number of aliphatic hydroxyl groups is 1. The molecule has 1 heteroatoms. The van der Waals surface area contributed by atoms with Crippen molar-refractivity contribution in [3.05, 3.63) is 71.8 Å². The zero-order chi connectivity index (χ0) is 14.0. The van der Waals surface area contributed by atoms with E-state index in [1.54, 1.807) is 0 Å². The summed E-state index contributed by atoms with van der Waals surface area (Å²) in [6, 6.07) is 21.4. The molecule has 0 fully saturated rings. The van der Waals surface area contributed by atoms with E-state index in [1.165, 1.54) is 37.9 Å². The molecule has 0 spiro atoms. The van der Waals surface area contributed by atoms with E-state index in [-0.39, 0.29) is 0 Å². The molecule has 1 atom stereocenters. The summed E-state index contributed by atoms with van der Waals surface area (Å²) in [6.45, 7) is 0. The first-order chi connectivity index (χ1) is 10.3. The van der Waals surface area contributed by atoms with Gasteiger partial charge in [-0.1, -0.05) is 60.7 Å². The van der Waals surface area contributed by atoms with E-state index < -0.39 is 6.10 Å². The van der Waals surface area contributed by atoms with E-state index in [0.717, 1.165) is 5.56 Å².